The summed E-state index contributed by atoms with van der Waals surface area (Å²) in [7, 11) is -0.847. The summed E-state index contributed by atoms with van der Waals surface area (Å²) in [6.45, 7) is 2.49. The molecule has 0 fully saturated rings. The fourth-order valence-electron chi connectivity index (χ4n) is 2.44. The molecule has 1 amide bonds. The summed E-state index contributed by atoms with van der Waals surface area (Å²) in [6, 6.07) is 9.11. The zero-order valence-corrected chi connectivity index (χ0v) is 19.6. The lowest BCUT2D eigenvalue weighted by Crippen LogP contribution is -2.44. The molecular weight excluding hydrogens is 440 g/mol. The predicted molar refractivity (Wildman–Crippen MR) is 117 cm³/mol. The van der Waals surface area contributed by atoms with Crippen LogP contribution in [-0.4, -0.2) is 70.9 Å². The van der Waals surface area contributed by atoms with Gasteiger partial charge in [0.05, 0.1) is 19.0 Å². The van der Waals surface area contributed by atoms with Crippen molar-refractivity contribution in [2.75, 3.05) is 39.6 Å². The SMILES string of the molecule is CN(C)C(=O)COC(=O)[C@H](OCc1ccccc1)C(C)(C)COS(=O)(=O)CCCN=[N+]=[N-]. The first-order valence-electron chi connectivity index (χ1n) is 9.89. The number of hydrogen-bond donors (Lipinski definition) is 0. The molecule has 11 nitrogen and oxygen atoms in total. The maximum atomic E-state index is 12.7. The van der Waals surface area contributed by atoms with Gasteiger partial charge in [-0.3, -0.25) is 8.98 Å². The van der Waals surface area contributed by atoms with E-state index in [0.29, 0.717) is 0 Å². The van der Waals surface area contributed by atoms with Gasteiger partial charge in [-0.2, -0.15) is 8.42 Å². The van der Waals surface area contributed by atoms with Crippen LogP contribution in [0.1, 0.15) is 25.8 Å². The van der Waals surface area contributed by atoms with Crippen LogP contribution < -0.4 is 0 Å². The van der Waals surface area contributed by atoms with Crippen molar-refractivity contribution in [3.8, 4) is 0 Å². The minimum Gasteiger partial charge on any atom is -0.454 e. The first-order chi connectivity index (χ1) is 15.0. The van der Waals surface area contributed by atoms with Crippen LogP contribution in [0.25, 0.3) is 10.4 Å². The molecular formula is C20H30N4O7S. The van der Waals surface area contributed by atoms with Gasteiger partial charge in [0.25, 0.3) is 16.0 Å². The van der Waals surface area contributed by atoms with Crippen LogP contribution >= 0.6 is 0 Å². The molecule has 0 aromatic heterocycles. The number of carbonyl (C=O) groups excluding carboxylic acids is 2. The second-order valence-corrected chi connectivity index (χ2v) is 9.65. The summed E-state index contributed by atoms with van der Waals surface area (Å²) in [6.07, 6.45) is -1.09. The summed E-state index contributed by atoms with van der Waals surface area (Å²) in [5.74, 6) is -1.54. The number of ether oxygens (including phenoxy) is 2. The summed E-state index contributed by atoms with van der Waals surface area (Å²) in [5, 5.41) is 3.28. The fourth-order valence-corrected chi connectivity index (χ4v) is 3.52. The quantitative estimate of drug-likeness (QED) is 0.101. The molecule has 32 heavy (non-hydrogen) atoms. The Morgan fingerprint density at radius 3 is 2.47 bits per heavy atom. The number of likely N-dealkylation sites (N-methyl/N-ethyl adjacent to an activating group) is 1. The molecule has 178 valence electrons. The molecule has 0 bridgehead atoms. The van der Waals surface area contributed by atoms with Crippen molar-refractivity contribution in [2.24, 2.45) is 10.5 Å². The normalized spacial score (nSPS) is 12.5. The molecule has 0 unspecified atom stereocenters. The average Bonchev–Trinajstić information content (AvgIpc) is 2.74. The van der Waals surface area contributed by atoms with Crippen LogP contribution in [0, 0.1) is 5.41 Å². The Balaban J connectivity index is 2.87. The van der Waals surface area contributed by atoms with Crippen molar-refractivity contribution < 1.29 is 31.7 Å². The molecule has 1 rings (SSSR count). The molecule has 0 N–H and O–H groups in total. The highest BCUT2D eigenvalue weighted by Gasteiger charge is 2.39. The zero-order chi connectivity index (χ0) is 24.2. The van der Waals surface area contributed by atoms with Crippen molar-refractivity contribution in [3.63, 3.8) is 0 Å². The Labute approximate surface area is 188 Å². The predicted octanol–water partition coefficient (Wildman–Crippen LogP) is 2.28. The van der Waals surface area contributed by atoms with Gasteiger partial charge in [0.1, 0.15) is 0 Å². The lowest BCUT2D eigenvalue weighted by atomic mass is 9.87. The molecule has 12 heteroatoms. The number of benzene rings is 1. The van der Waals surface area contributed by atoms with E-state index in [1.807, 2.05) is 30.3 Å². The Hall–Kier alpha value is -2.66. The molecule has 0 spiro atoms. The Kier molecular flexibility index (Phi) is 11.1. The molecule has 0 aliphatic carbocycles. The molecule has 1 atom stereocenters. The molecule has 0 radical (unpaired) electrons. The third-order valence-corrected chi connectivity index (χ3v) is 5.61. The van der Waals surface area contributed by atoms with Gasteiger partial charge >= 0.3 is 5.97 Å². The molecule has 0 aliphatic rings. The number of hydrogen-bond acceptors (Lipinski definition) is 8. The van der Waals surface area contributed by atoms with Crippen molar-refractivity contribution >= 4 is 22.0 Å². The Morgan fingerprint density at radius 2 is 1.88 bits per heavy atom. The second kappa shape index (κ2) is 13.0. The van der Waals surface area contributed by atoms with E-state index in [1.165, 1.54) is 19.0 Å². The molecule has 1 aromatic carbocycles. The van der Waals surface area contributed by atoms with Gasteiger partial charge in [0, 0.05) is 31.0 Å². The van der Waals surface area contributed by atoms with E-state index >= 15 is 0 Å². The largest absolute Gasteiger partial charge is 0.454 e. The second-order valence-electron chi connectivity index (χ2n) is 7.89. The summed E-state index contributed by atoms with van der Waals surface area (Å²) in [5.41, 5.74) is 7.95. The zero-order valence-electron chi connectivity index (χ0n) is 18.8. The minimum atomic E-state index is -3.91. The van der Waals surface area contributed by atoms with Crippen LogP contribution in [0.2, 0.25) is 0 Å². The molecule has 1 aromatic rings. The van der Waals surface area contributed by atoms with E-state index in [9.17, 15) is 18.0 Å². The lowest BCUT2D eigenvalue weighted by Gasteiger charge is -2.32. The standard InChI is InChI=1S/C20H30N4O7S/c1-20(2,15-31-32(27,28)12-8-11-22-23-21)18(19(26)30-14-17(25)24(3)4)29-13-16-9-6-5-7-10-16/h5-7,9-10,18H,8,11-15H2,1-4H3/t18-/m0/s1. The molecule has 0 aliphatic heterocycles. The monoisotopic (exact) mass is 470 g/mol. The highest BCUT2D eigenvalue weighted by molar-refractivity contribution is 7.86. The Bertz CT molecular complexity index is 898. The number of amides is 1. The third kappa shape index (κ3) is 10.1. The van der Waals surface area contributed by atoms with Crippen LogP contribution in [-0.2, 0) is 40.0 Å². The van der Waals surface area contributed by atoms with Crippen molar-refractivity contribution in [3.05, 3.63) is 46.3 Å². The van der Waals surface area contributed by atoms with Crippen molar-refractivity contribution in [1.29, 1.82) is 0 Å². The van der Waals surface area contributed by atoms with Gasteiger partial charge in [-0.25, -0.2) is 4.79 Å². The van der Waals surface area contributed by atoms with Gasteiger partial charge in [-0.05, 0) is 17.5 Å². The number of azide groups is 1. The maximum Gasteiger partial charge on any atom is 0.336 e. The topological polar surface area (TPSA) is 148 Å². The van der Waals surface area contributed by atoms with Crippen LogP contribution in [0.3, 0.4) is 0 Å². The highest BCUT2D eigenvalue weighted by Crippen LogP contribution is 2.27. The van der Waals surface area contributed by atoms with Crippen LogP contribution in [0.4, 0.5) is 0 Å². The van der Waals surface area contributed by atoms with E-state index in [0.717, 1.165) is 5.56 Å². The lowest BCUT2D eigenvalue weighted by molar-refractivity contribution is -0.171. The molecule has 0 saturated heterocycles. The highest BCUT2D eigenvalue weighted by atomic mass is 32.2. The molecule has 0 heterocycles. The maximum absolute atomic E-state index is 12.7. The fraction of sp³-hybridized carbons (Fsp3) is 0.600. The smallest absolute Gasteiger partial charge is 0.336 e. The van der Waals surface area contributed by atoms with E-state index < -0.39 is 40.1 Å². The van der Waals surface area contributed by atoms with E-state index in [2.05, 4.69) is 10.0 Å². The van der Waals surface area contributed by atoms with Crippen LogP contribution in [0.15, 0.2) is 35.4 Å². The number of rotatable bonds is 14. The summed E-state index contributed by atoms with van der Waals surface area (Å²) in [4.78, 5) is 28.4. The number of nitrogens with zero attached hydrogens (tertiary/aromatic N) is 4. The molecule has 0 saturated carbocycles. The van der Waals surface area contributed by atoms with Gasteiger partial charge in [-0.1, -0.05) is 49.3 Å². The van der Waals surface area contributed by atoms with Crippen molar-refractivity contribution in [1.82, 2.24) is 4.90 Å². The van der Waals surface area contributed by atoms with Crippen LogP contribution in [0.5, 0.6) is 0 Å². The van der Waals surface area contributed by atoms with E-state index in [1.54, 1.807) is 13.8 Å². The van der Waals surface area contributed by atoms with Gasteiger partial charge < -0.3 is 14.4 Å². The number of esters is 1. The third-order valence-electron chi connectivity index (χ3n) is 4.35. The van der Waals surface area contributed by atoms with Crippen molar-refractivity contribution in [2.45, 2.75) is 33.0 Å². The van der Waals surface area contributed by atoms with E-state index in [4.69, 9.17) is 19.2 Å². The first-order valence-corrected chi connectivity index (χ1v) is 11.5. The minimum absolute atomic E-state index is 0.0253. The Morgan fingerprint density at radius 1 is 1.22 bits per heavy atom. The summed E-state index contributed by atoms with van der Waals surface area (Å²) < 4.78 is 40.3. The van der Waals surface area contributed by atoms with E-state index in [-0.39, 0.29) is 31.9 Å². The summed E-state index contributed by atoms with van der Waals surface area (Å²) >= 11 is 0. The van der Waals surface area contributed by atoms with Gasteiger partial charge in [-0.15, -0.1) is 0 Å². The average molecular weight is 471 g/mol. The first kappa shape index (κ1) is 27.4. The van der Waals surface area contributed by atoms with Gasteiger partial charge in [0.2, 0.25) is 0 Å². The number of carbonyl (C=O) groups is 2. The van der Waals surface area contributed by atoms with Gasteiger partial charge in [0.15, 0.2) is 12.7 Å².